The zero-order valence-electron chi connectivity index (χ0n) is 18.4. The van der Waals surface area contributed by atoms with Crippen molar-refractivity contribution in [3.63, 3.8) is 0 Å². The van der Waals surface area contributed by atoms with Gasteiger partial charge in [0.15, 0.2) is 17.4 Å². The van der Waals surface area contributed by atoms with Crippen LogP contribution >= 0.6 is 11.6 Å². The van der Waals surface area contributed by atoms with Gasteiger partial charge in [-0.1, -0.05) is 11.6 Å². The van der Waals surface area contributed by atoms with Crippen molar-refractivity contribution >= 4 is 17.4 Å². The summed E-state index contributed by atoms with van der Waals surface area (Å²) in [4.78, 5) is 16.4. The summed E-state index contributed by atoms with van der Waals surface area (Å²) in [6, 6.07) is 6.00. The van der Waals surface area contributed by atoms with E-state index in [0.717, 1.165) is 29.8 Å². The van der Waals surface area contributed by atoms with Crippen LogP contribution in [-0.4, -0.2) is 24.3 Å². The molecule has 7 nitrogen and oxygen atoms in total. The first-order chi connectivity index (χ1) is 17.7. The second kappa shape index (κ2) is 9.62. The molecule has 3 aromatic heterocycles. The predicted molar refractivity (Wildman–Crippen MR) is 121 cm³/mol. The van der Waals surface area contributed by atoms with Gasteiger partial charge >= 0.3 is 6.18 Å². The minimum Gasteiger partial charge on any atom is -0.473 e. The molecule has 0 atom stereocenters. The van der Waals surface area contributed by atoms with Crippen LogP contribution in [0.25, 0.3) is 17.0 Å². The highest BCUT2D eigenvalue weighted by molar-refractivity contribution is 6.31. The van der Waals surface area contributed by atoms with Crippen molar-refractivity contribution in [2.45, 2.75) is 12.8 Å². The minimum atomic E-state index is -4.76. The molecule has 3 heterocycles. The van der Waals surface area contributed by atoms with Crippen molar-refractivity contribution in [2.75, 3.05) is 0 Å². The molecule has 0 amide bonds. The number of hydrogen-bond donors (Lipinski definition) is 0. The van der Waals surface area contributed by atoms with Gasteiger partial charge in [0.05, 0.1) is 22.5 Å². The van der Waals surface area contributed by atoms with Gasteiger partial charge in [0.2, 0.25) is 11.7 Å². The molecule has 0 bridgehead atoms. The predicted octanol–water partition coefficient (Wildman–Crippen LogP) is 6.51. The van der Waals surface area contributed by atoms with Gasteiger partial charge in [0.1, 0.15) is 18.7 Å². The molecule has 0 saturated heterocycles. The maximum Gasteiger partial charge on any atom is 0.417 e. The zero-order chi connectivity index (χ0) is 26.2. The summed E-state index contributed by atoms with van der Waals surface area (Å²) in [6.07, 6.45) is 3.14. The SMILES string of the molecule is Fc1cc(COc2ccn3c(-c4cncnc4)cnc3n2)cc(F)c1Oc1ccc(Cl)c(C(F)(F)F)c1. The maximum absolute atomic E-state index is 14.6. The molecule has 0 fully saturated rings. The molecule has 0 saturated carbocycles. The van der Waals surface area contributed by atoms with Crippen LogP contribution in [0.3, 0.4) is 0 Å². The van der Waals surface area contributed by atoms with Crippen molar-refractivity contribution in [1.29, 1.82) is 0 Å². The molecule has 0 spiro atoms. The Hall–Kier alpha value is -4.32. The normalized spacial score (nSPS) is 11.6. The van der Waals surface area contributed by atoms with Gasteiger partial charge in [-0.3, -0.25) is 4.40 Å². The highest BCUT2D eigenvalue weighted by Gasteiger charge is 2.33. The molecular formula is C24H13ClF5N5O2. The molecule has 188 valence electrons. The minimum absolute atomic E-state index is 0.0987. The number of hydrogen-bond acceptors (Lipinski definition) is 6. The van der Waals surface area contributed by atoms with Crippen LogP contribution in [0.5, 0.6) is 17.4 Å². The summed E-state index contributed by atoms with van der Waals surface area (Å²) in [7, 11) is 0. The van der Waals surface area contributed by atoms with Crippen LogP contribution in [0.2, 0.25) is 5.02 Å². The van der Waals surface area contributed by atoms with Crippen molar-refractivity contribution in [1.82, 2.24) is 24.3 Å². The molecule has 5 aromatic rings. The Kier molecular flexibility index (Phi) is 6.34. The molecule has 0 aliphatic rings. The number of rotatable bonds is 6. The Bertz CT molecular complexity index is 1570. The van der Waals surface area contributed by atoms with Crippen LogP contribution in [0.15, 0.2) is 67.5 Å². The molecule has 0 aliphatic carbocycles. The largest absolute Gasteiger partial charge is 0.473 e. The number of fused-ring (bicyclic) bond motifs is 1. The standard InChI is InChI=1S/C24H13ClF5N5O2/c25-17-2-1-15(7-16(17)24(28,29)30)37-22-18(26)5-13(6-19(22)27)11-36-21-3-4-35-20(10-33-23(35)34-21)14-8-31-12-32-9-14/h1-10,12H,11H2. The van der Waals surface area contributed by atoms with Crippen LogP contribution in [-0.2, 0) is 12.8 Å². The van der Waals surface area contributed by atoms with Crippen molar-refractivity contribution in [3.8, 4) is 28.6 Å². The molecule has 37 heavy (non-hydrogen) atoms. The molecule has 0 aliphatic heterocycles. The number of ether oxygens (including phenoxy) is 2. The van der Waals surface area contributed by atoms with E-state index in [2.05, 4.69) is 19.9 Å². The van der Waals surface area contributed by atoms with E-state index in [1.807, 2.05) is 0 Å². The number of halogens is 6. The lowest BCUT2D eigenvalue weighted by molar-refractivity contribution is -0.137. The lowest BCUT2D eigenvalue weighted by atomic mass is 10.2. The first-order valence-electron chi connectivity index (χ1n) is 10.4. The van der Waals surface area contributed by atoms with Gasteiger partial charge in [0.25, 0.3) is 0 Å². The summed E-state index contributed by atoms with van der Waals surface area (Å²) in [5.41, 5.74) is 0.342. The first-order valence-corrected chi connectivity index (χ1v) is 10.8. The third-order valence-electron chi connectivity index (χ3n) is 5.12. The topological polar surface area (TPSA) is 74.4 Å². The Morgan fingerprint density at radius 3 is 2.38 bits per heavy atom. The lowest BCUT2D eigenvalue weighted by Crippen LogP contribution is -2.06. The highest BCUT2D eigenvalue weighted by atomic mass is 35.5. The van der Waals surface area contributed by atoms with E-state index in [4.69, 9.17) is 21.1 Å². The van der Waals surface area contributed by atoms with Gasteiger partial charge in [-0.05, 0) is 35.9 Å². The van der Waals surface area contributed by atoms with Crippen LogP contribution in [0.4, 0.5) is 22.0 Å². The Morgan fingerprint density at radius 1 is 0.946 bits per heavy atom. The van der Waals surface area contributed by atoms with E-state index >= 15 is 0 Å². The fourth-order valence-corrected chi connectivity index (χ4v) is 3.66. The van der Waals surface area contributed by atoms with E-state index in [-0.39, 0.29) is 18.1 Å². The van der Waals surface area contributed by atoms with E-state index in [0.29, 0.717) is 17.5 Å². The monoisotopic (exact) mass is 533 g/mol. The Labute approximate surface area is 210 Å². The number of alkyl halides is 3. The lowest BCUT2D eigenvalue weighted by Gasteiger charge is -2.13. The fourth-order valence-electron chi connectivity index (χ4n) is 3.43. The Morgan fingerprint density at radius 2 is 1.68 bits per heavy atom. The van der Waals surface area contributed by atoms with E-state index in [1.54, 1.807) is 35.3 Å². The van der Waals surface area contributed by atoms with Gasteiger partial charge in [-0.25, -0.2) is 23.7 Å². The average molecular weight is 534 g/mol. The van der Waals surface area contributed by atoms with Crippen LogP contribution in [0.1, 0.15) is 11.1 Å². The highest BCUT2D eigenvalue weighted by Crippen LogP contribution is 2.38. The quantitative estimate of drug-likeness (QED) is 0.232. The number of nitrogens with zero attached hydrogens (tertiary/aromatic N) is 5. The molecule has 13 heteroatoms. The summed E-state index contributed by atoms with van der Waals surface area (Å²) in [5, 5.41) is -0.569. The number of imidazole rings is 1. The van der Waals surface area contributed by atoms with Crippen molar-refractivity contribution in [3.05, 3.63) is 95.3 Å². The third kappa shape index (κ3) is 5.14. The first kappa shape index (κ1) is 24.4. The van der Waals surface area contributed by atoms with Crippen LogP contribution in [0, 0.1) is 11.6 Å². The molecular weight excluding hydrogens is 521 g/mol. The number of benzene rings is 2. The molecule has 2 aromatic carbocycles. The third-order valence-corrected chi connectivity index (χ3v) is 5.45. The van der Waals surface area contributed by atoms with Crippen LogP contribution < -0.4 is 9.47 Å². The van der Waals surface area contributed by atoms with Gasteiger partial charge < -0.3 is 9.47 Å². The number of aromatic nitrogens is 5. The van der Waals surface area contributed by atoms with Crippen molar-refractivity contribution in [2.24, 2.45) is 0 Å². The average Bonchev–Trinajstić information content (AvgIpc) is 3.29. The van der Waals surface area contributed by atoms with E-state index in [9.17, 15) is 22.0 Å². The smallest absolute Gasteiger partial charge is 0.417 e. The van der Waals surface area contributed by atoms with E-state index in [1.165, 1.54) is 6.33 Å². The zero-order valence-corrected chi connectivity index (χ0v) is 19.1. The molecule has 0 N–H and O–H groups in total. The molecule has 0 unspecified atom stereocenters. The molecule has 5 rings (SSSR count). The second-order valence-corrected chi connectivity index (χ2v) is 8.03. The van der Waals surface area contributed by atoms with Crippen molar-refractivity contribution < 1.29 is 31.4 Å². The van der Waals surface area contributed by atoms with Gasteiger partial charge in [-0.15, -0.1) is 0 Å². The summed E-state index contributed by atoms with van der Waals surface area (Å²) >= 11 is 5.56. The maximum atomic E-state index is 14.6. The summed E-state index contributed by atoms with van der Waals surface area (Å²) < 4.78 is 80.6. The summed E-state index contributed by atoms with van der Waals surface area (Å²) in [5.74, 6) is -3.10. The molecule has 0 radical (unpaired) electrons. The Balaban J connectivity index is 1.31. The van der Waals surface area contributed by atoms with Gasteiger partial charge in [0, 0.05) is 30.2 Å². The van der Waals surface area contributed by atoms with Gasteiger partial charge in [-0.2, -0.15) is 18.2 Å². The second-order valence-electron chi connectivity index (χ2n) is 7.63. The van der Waals surface area contributed by atoms with E-state index < -0.39 is 39.9 Å². The fraction of sp³-hybridized carbons (Fsp3) is 0.0833. The summed E-state index contributed by atoms with van der Waals surface area (Å²) in [6.45, 7) is -0.253.